The van der Waals surface area contributed by atoms with E-state index in [9.17, 15) is 18.0 Å². The molecule has 12 heteroatoms. The number of sulfonamides is 1. The number of nitrogens with zero attached hydrogens (tertiary/aromatic N) is 2. The van der Waals surface area contributed by atoms with Gasteiger partial charge in [-0.05, 0) is 79.4 Å². The van der Waals surface area contributed by atoms with Crippen molar-refractivity contribution >= 4 is 73.9 Å². The standard InChI is InChI=1S/C31H33Cl4N3O4S/c1-2-29(31(40)36-25-8-4-3-5-9-25)37(19-21-11-12-24(34)18-28(21)35)30(39)20-38(26-10-6-7-23(33)17-26)43(41,42)27-15-13-22(32)14-16-27/h6-7,10-18,25,29H,2-5,8-9,19-20H2,1H3,(H,36,40)/t29-/m0/s1. The van der Waals surface area contributed by atoms with Crippen LogP contribution in [0.2, 0.25) is 20.1 Å². The van der Waals surface area contributed by atoms with Gasteiger partial charge in [-0.15, -0.1) is 0 Å². The van der Waals surface area contributed by atoms with Crippen LogP contribution in [0.15, 0.2) is 71.6 Å². The molecule has 0 unspecified atom stereocenters. The van der Waals surface area contributed by atoms with Gasteiger partial charge >= 0.3 is 0 Å². The van der Waals surface area contributed by atoms with Crippen molar-refractivity contribution in [3.8, 4) is 0 Å². The fraction of sp³-hybridized carbons (Fsp3) is 0.355. The molecule has 2 amide bonds. The minimum atomic E-state index is -4.25. The maximum atomic E-state index is 14.2. The molecular formula is C31H33Cl4N3O4S. The van der Waals surface area contributed by atoms with Gasteiger partial charge in [0.25, 0.3) is 10.0 Å². The third kappa shape index (κ3) is 8.58. The summed E-state index contributed by atoms with van der Waals surface area (Å²) in [6, 6.07) is 16.0. The van der Waals surface area contributed by atoms with Gasteiger partial charge in [-0.3, -0.25) is 13.9 Å². The van der Waals surface area contributed by atoms with E-state index in [-0.39, 0.29) is 29.1 Å². The lowest BCUT2D eigenvalue weighted by atomic mass is 9.95. The lowest BCUT2D eigenvalue weighted by molar-refractivity contribution is -0.140. The maximum absolute atomic E-state index is 14.2. The predicted octanol–water partition coefficient (Wildman–Crippen LogP) is 7.75. The quantitative estimate of drug-likeness (QED) is 0.224. The zero-order valence-corrected chi connectivity index (χ0v) is 27.5. The Morgan fingerprint density at radius 2 is 1.53 bits per heavy atom. The minimum Gasteiger partial charge on any atom is -0.352 e. The van der Waals surface area contributed by atoms with Crippen LogP contribution in [0.1, 0.15) is 51.0 Å². The van der Waals surface area contributed by atoms with Crippen LogP contribution in [0.3, 0.4) is 0 Å². The van der Waals surface area contributed by atoms with Crippen LogP contribution in [0.5, 0.6) is 0 Å². The van der Waals surface area contributed by atoms with Gasteiger partial charge in [0.05, 0.1) is 10.6 Å². The molecular weight excluding hydrogens is 652 g/mol. The van der Waals surface area contributed by atoms with Gasteiger partial charge in [-0.1, -0.05) is 84.7 Å². The summed E-state index contributed by atoms with van der Waals surface area (Å²) in [6.07, 6.45) is 5.24. The number of hydrogen-bond donors (Lipinski definition) is 1. The number of benzene rings is 3. The van der Waals surface area contributed by atoms with Crippen LogP contribution >= 0.6 is 46.4 Å². The van der Waals surface area contributed by atoms with Crippen LogP contribution in [0.4, 0.5) is 5.69 Å². The first-order chi connectivity index (χ1) is 20.5. The van der Waals surface area contributed by atoms with Crippen molar-refractivity contribution < 1.29 is 18.0 Å². The monoisotopic (exact) mass is 683 g/mol. The summed E-state index contributed by atoms with van der Waals surface area (Å²) in [5, 5.41) is 4.53. The Labute approximate surface area is 273 Å². The number of hydrogen-bond acceptors (Lipinski definition) is 4. The van der Waals surface area contributed by atoms with Crippen molar-refractivity contribution in [1.29, 1.82) is 0 Å². The molecule has 1 aliphatic carbocycles. The summed E-state index contributed by atoms with van der Waals surface area (Å²) in [5.41, 5.74) is 0.762. The van der Waals surface area contributed by atoms with Gasteiger partial charge in [0.1, 0.15) is 12.6 Å². The van der Waals surface area contributed by atoms with E-state index in [0.29, 0.717) is 32.1 Å². The molecule has 230 valence electrons. The minimum absolute atomic E-state index is 0.0274. The average Bonchev–Trinajstić information content (AvgIpc) is 2.97. The molecule has 0 spiro atoms. The van der Waals surface area contributed by atoms with E-state index in [1.165, 1.54) is 35.2 Å². The summed E-state index contributed by atoms with van der Waals surface area (Å²) < 4.78 is 28.9. The molecule has 1 atom stereocenters. The van der Waals surface area contributed by atoms with Crippen molar-refractivity contribution in [2.45, 2.75) is 69.0 Å². The van der Waals surface area contributed by atoms with E-state index in [1.807, 2.05) is 6.92 Å². The smallest absolute Gasteiger partial charge is 0.264 e. The summed E-state index contributed by atoms with van der Waals surface area (Å²) in [4.78, 5) is 29.2. The van der Waals surface area contributed by atoms with E-state index in [1.54, 1.807) is 36.4 Å². The van der Waals surface area contributed by atoms with E-state index in [0.717, 1.165) is 36.4 Å². The van der Waals surface area contributed by atoms with E-state index >= 15 is 0 Å². The molecule has 1 saturated carbocycles. The fourth-order valence-electron chi connectivity index (χ4n) is 5.19. The number of rotatable bonds is 11. The number of anilines is 1. The SMILES string of the molecule is CC[C@@H](C(=O)NC1CCCCC1)N(Cc1ccc(Cl)cc1Cl)C(=O)CN(c1cccc(Cl)c1)S(=O)(=O)c1ccc(Cl)cc1. The number of carbonyl (C=O) groups is 2. The van der Waals surface area contributed by atoms with Gasteiger partial charge in [0.2, 0.25) is 11.8 Å². The molecule has 0 bridgehead atoms. The Bertz CT molecular complexity index is 1550. The Balaban J connectivity index is 1.73. The molecule has 0 radical (unpaired) electrons. The molecule has 3 aromatic rings. The predicted molar refractivity (Wildman–Crippen MR) is 174 cm³/mol. The van der Waals surface area contributed by atoms with Crippen LogP contribution in [-0.4, -0.2) is 43.8 Å². The highest BCUT2D eigenvalue weighted by atomic mass is 35.5. The Morgan fingerprint density at radius 3 is 2.16 bits per heavy atom. The first-order valence-corrected chi connectivity index (χ1v) is 17.0. The van der Waals surface area contributed by atoms with Gasteiger partial charge in [0, 0.05) is 32.7 Å². The third-order valence-corrected chi connectivity index (χ3v) is 10.3. The molecule has 1 fully saturated rings. The molecule has 0 aliphatic heterocycles. The van der Waals surface area contributed by atoms with Gasteiger partial charge < -0.3 is 10.2 Å². The largest absolute Gasteiger partial charge is 0.352 e. The Morgan fingerprint density at radius 1 is 0.884 bits per heavy atom. The second-order valence-electron chi connectivity index (χ2n) is 10.5. The molecule has 0 saturated heterocycles. The summed E-state index contributed by atoms with van der Waals surface area (Å²) in [6.45, 7) is 1.19. The van der Waals surface area contributed by atoms with E-state index < -0.39 is 28.5 Å². The Hall–Kier alpha value is -2.49. The number of carbonyl (C=O) groups excluding carboxylic acids is 2. The molecule has 0 heterocycles. The topological polar surface area (TPSA) is 86.8 Å². The lowest BCUT2D eigenvalue weighted by Gasteiger charge is -2.34. The second-order valence-corrected chi connectivity index (χ2v) is 14.0. The van der Waals surface area contributed by atoms with E-state index in [4.69, 9.17) is 46.4 Å². The number of nitrogens with one attached hydrogen (secondary N) is 1. The lowest BCUT2D eigenvalue weighted by Crippen LogP contribution is -2.54. The molecule has 1 N–H and O–H groups in total. The number of amides is 2. The fourth-order valence-corrected chi connectivity index (χ4v) is 7.38. The maximum Gasteiger partial charge on any atom is 0.264 e. The zero-order valence-electron chi connectivity index (χ0n) is 23.6. The van der Waals surface area contributed by atoms with Crippen molar-refractivity contribution in [2.24, 2.45) is 0 Å². The van der Waals surface area contributed by atoms with Crippen molar-refractivity contribution in [1.82, 2.24) is 10.2 Å². The molecule has 4 rings (SSSR count). The second kappa shape index (κ2) is 15.0. The first-order valence-electron chi connectivity index (χ1n) is 14.1. The summed E-state index contributed by atoms with van der Waals surface area (Å²) in [7, 11) is -4.25. The molecule has 3 aromatic carbocycles. The molecule has 0 aromatic heterocycles. The van der Waals surface area contributed by atoms with Crippen LogP contribution < -0.4 is 9.62 Å². The van der Waals surface area contributed by atoms with Crippen molar-refractivity contribution in [3.05, 3.63) is 92.4 Å². The van der Waals surface area contributed by atoms with Gasteiger partial charge in [0.15, 0.2) is 0 Å². The first kappa shape index (κ1) is 33.4. The highest BCUT2D eigenvalue weighted by molar-refractivity contribution is 7.92. The van der Waals surface area contributed by atoms with Crippen molar-refractivity contribution in [3.63, 3.8) is 0 Å². The normalized spacial score (nSPS) is 14.6. The molecule has 43 heavy (non-hydrogen) atoms. The van der Waals surface area contributed by atoms with Crippen molar-refractivity contribution in [2.75, 3.05) is 10.8 Å². The van der Waals surface area contributed by atoms with Crippen LogP contribution in [0.25, 0.3) is 0 Å². The Kier molecular flexibility index (Phi) is 11.6. The summed E-state index contributed by atoms with van der Waals surface area (Å²) in [5.74, 6) is -0.878. The third-order valence-electron chi connectivity index (χ3n) is 7.47. The van der Waals surface area contributed by atoms with Crippen LogP contribution in [0, 0.1) is 0 Å². The average molecular weight is 686 g/mol. The molecule has 7 nitrogen and oxygen atoms in total. The summed E-state index contributed by atoms with van der Waals surface area (Å²) >= 11 is 24.8. The number of halogens is 4. The van der Waals surface area contributed by atoms with Gasteiger partial charge in [-0.25, -0.2) is 8.42 Å². The van der Waals surface area contributed by atoms with Gasteiger partial charge in [-0.2, -0.15) is 0 Å². The zero-order chi connectivity index (χ0) is 31.1. The van der Waals surface area contributed by atoms with Crippen LogP contribution in [-0.2, 0) is 26.2 Å². The highest BCUT2D eigenvalue weighted by Crippen LogP contribution is 2.29. The van der Waals surface area contributed by atoms with E-state index in [2.05, 4.69) is 5.32 Å². The molecule has 1 aliphatic rings. The highest BCUT2D eigenvalue weighted by Gasteiger charge is 2.34.